The first-order valence-corrected chi connectivity index (χ1v) is 3.33. The van der Waals surface area contributed by atoms with Crippen LogP contribution in [0.25, 0.3) is 0 Å². The van der Waals surface area contributed by atoms with Gasteiger partial charge in [0, 0.05) is 13.1 Å². The van der Waals surface area contributed by atoms with E-state index in [-0.39, 0.29) is 0 Å². The second-order valence-electron chi connectivity index (χ2n) is 1.17. The number of hydrogen-bond acceptors (Lipinski definition) is 3. The van der Waals surface area contributed by atoms with Crippen LogP contribution < -0.4 is 11.5 Å². The van der Waals surface area contributed by atoms with Gasteiger partial charge in [0.25, 0.3) is 0 Å². The predicted octanol–water partition coefficient (Wildman–Crippen LogP) is -0.416. The first-order valence-electron chi connectivity index (χ1n) is 2.34. The van der Waals surface area contributed by atoms with Gasteiger partial charge in [-0.25, -0.2) is 0 Å². The van der Waals surface area contributed by atoms with E-state index in [0.717, 1.165) is 0 Å². The van der Waals surface area contributed by atoms with Crippen molar-refractivity contribution in [2.45, 2.75) is 0 Å². The van der Waals surface area contributed by atoms with Crippen LogP contribution in [0.5, 0.6) is 0 Å². The summed E-state index contributed by atoms with van der Waals surface area (Å²) in [5.74, 6) is 3.25. The number of nitrogens with zero attached hydrogens (tertiary/aromatic N) is 1. The minimum Gasteiger partial charge on any atom is -0.379 e. The minimum atomic E-state index is 0.540. The van der Waals surface area contributed by atoms with Crippen LogP contribution in [0.3, 0.4) is 0 Å². The third kappa shape index (κ3) is 5.04. The SMILES string of the molecule is C/N=C(\N)SCC#CN. The first kappa shape index (κ1) is 8.18. The van der Waals surface area contributed by atoms with Crippen molar-refractivity contribution < 1.29 is 0 Å². The van der Waals surface area contributed by atoms with Crippen molar-refractivity contribution in [2.75, 3.05) is 12.8 Å². The number of thioether (sulfide) groups is 1. The maximum atomic E-state index is 5.32. The summed E-state index contributed by atoms with van der Waals surface area (Å²) in [6.07, 6.45) is 0. The van der Waals surface area contributed by atoms with E-state index in [0.29, 0.717) is 10.9 Å². The molecule has 0 atom stereocenters. The van der Waals surface area contributed by atoms with E-state index >= 15 is 0 Å². The number of hydrogen-bond donors (Lipinski definition) is 2. The lowest BCUT2D eigenvalue weighted by molar-refractivity contribution is 1.44. The van der Waals surface area contributed by atoms with Gasteiger partial charge in [-0.2, -0.15) is 0 Å². The monoisotopic (exact) mass is 143 g/mol. The molecule has 0 bridgehead atoms. The maximum absolute atomic E-state index is 5.32. The summed E-state index contributed by atoms with van der Waals surface area (Å²) in [7, 11) is 1.64. The molecule has 0 unspecified atom stereocenters. The van der Waals surface area contributed by atoms with Gasteiger partial charge in [-0.15, -0.1) is 0 Å². The Morgan fingerprint density at radius 1 is 1.78 bits per heavy atom. The zero-order valence-electron chi connectivity index (χ0n) is 5.22. The Bertz CT molecular complexity index is 153. The third-order valence-electron chi connectivity index (χ3n) is 0.615. The lowest BCUT2D eigenvalue weighted by Crippen LogP contribution is -2.06. The topological polar surface area (TPSA) is 64.4 Å². The van der Waals surface area contributed by atoms with Crippen LogP contribution in [0.2, 0.25) is 0 Å². The lowest BCUT2D eigenvalue weighted by atomic mass is 10.8. The van der Waals surface area contributed by atoms with Crippen molar-refractivity contribution in [3.63, 3.8) is 0 Å². The highest BCUT2D eigenvalue weighted by Gasteiger charge is 1.85. The van der Waals surface area contributed by atoms with E-state index in [9.17, 15) is 0 Å². The minimum absolute atomic E-state index is 0.540. The molecule has 50 valence electrons. The molecule has 4 heteroatoms. The van der Waals surface area contributed by atoms with Crippen molar-refractivity contribution in [3.8, 4) is 12.0 Å². The lowest BCUT2D eigenvalue weighted by Gasteiger charge is -1.90. The largest absolute Gasteiger partial charge is 0.379 e. The van der Waals surface area contributed by atoms with E-state index in [2.05, 4.69) is 17.0 Å². The van der Waals surface area contributed by atoms with Crippen LogP contribution in [-0.2, 0) is 0 Å². The Labute approximate surface area is 58.9 Å². The van der Waals surface area contributed by atoms with E-state index in [4.69, 9.17) is 11.5 Å². The molecule has 0 spiro atoms. The third-order valence-corrected chi connectivity index (χ3v) is 1.38. The smallest absolute Gasteiger partial charge is 0.154 e. The van der Waals surface area contributed by atoms with Crippen LogP contribution in [0.1, 0.15) is 0 Å². The molecule has 0 aliphatic heterocycles. The molecule has 0 saturated carbocycles. The van der Waals surface area contributed by atoms with Crippen molar-refractivity contribution in [1.29, 1.82) is 0 Å². The van der Waals surface area contributed by atoms with Gasteiger partial charge in [-0.1, -0.05) is 17.7 Å². The van der Waals surface area contributed by atoms with Gasteiger partial charge in [-0.3, -0.25) is 4.99 Å². The van der Waals surface area contributed by atoms with Gasteiger partial charge in [0.1, 0.15) is 0 Å². The molecule has 0 aromatic carbocycles. The van der Waals surface area contributed by atoms with Gasteiger partial charge < -0.3 is 11.5 Å². The molecule has 0 aromatic heterocycles. The number of nitrogens with two attached hydrogens (primary N) is 2. The molecule has 0 amide bonds. The molecule has 0 rings (SSSR count). The highest BCUT2D eigenvalue weighted by atomic mass is 32.2. The van der Waals surface area contributed by atoms with Gasteiger partial charge in [-0.05, 0) is 0 Å². The zero-order valence-corrected chi connectivity index (χ0v) is 6.03. The molecule has 3 nitrogen and oxygen atoms in total. The molecule has 0 aromatic rings. The fraction of sp³-hybridized carbons (Fsp3) is 0.400. The van der Waals surface area contributed by atoms with Gasteiger partial charge in [0.2, 0.25) is 0 Å². The number of aliphatic imine (C=N–C) groups is 1. The summed E-state index contributed by atoms with van der Waals surface area (Å²) in [6.45, 7) is 0. The van der Waals surface area contributed by atoms with E-state index < -0.39 is 0 Å². The Morgan fingerprint density at radius 2 is 2.44 bits per heavy atom. The highest BCUT2D eigenvalue weighted by molar-refractivity contribution is 8.13. The average molecular weight is 143 g/mol. The predicted molar refractivity (Wildman–Crippen MR) is 42.0 cm³/mol. The molecule has 0 radical (unpaired) electrons. The Kier molecular flexibility index (Phi) is 4.83. The second kappa shape index (κ2) is 5.32. The standard InChI is InChI=1S/C5H9N3S/c1-8-5(7)9-4-2-3-6/h4,6H2,1H3,(H2,7,8). The van der Waals surface area contributed by atoms with Crippen LogP contribution in [0.15, 0.2) is 4.99 Å². The normalized spacial score (nSPS) is 10.1. The molecule has 0 aliphatic carbocycles. The quantitative estimate of drug-likeness (QED) is 0.227. The Balaban J connectivity index is 3.36. The summed E-state index contributed by atoms with van der Waals surface area (Å²) in [5, 5.41) is 0.540. The summed E-state index contributed by atoms with van der Waals surface area (Å²) in [4.78, 5) is 3.71. The zero-order chi connectivity index (χ0) is 7.11. The number of amidine groups is 1. The van der Waals surface area contributed by atoms with E-state index in [1.165, 1.54) is 11.8 Å². The molecule has 0 heterocycles. The molecule has 9 heavy (non-hydrogen) atoms. The molecule has 0 fully saturated rings. The van der Waals surface area contributed by atoms with Crippen molar-refractivity contribution in [3.05, 3.63) is 0 Å². The summed E-state index contributed by atoms with van der Waals surface area (Å²) < 4.78 is 0. The van der Waals surface area contributed by atoms with Crippen molar-refractivity contribution in [1.82, 2.24) is 0 Å². The summed E-state index contributed by atoms with van der Waals surface area (Å²) >= 11 is 1.38. The average Bonchev–Trinajstić information content (AvgIpc) is 1.89. The first-order chi connectivity index (χ1) is 4.31. The maximum Gasteiger partial charge on any atom is 0.154 e. The van der Waals surface area contributed by atoms with Gasteiger partial charge in [0.15, 0.2) is 5.17 Å². The Hall–Kier alpha value is -0.820. The molecule has 4 N–H and O–H groups in total. The van der Waals surface area contributed by atoms with Crippen molar-refractivity contribution in [2.24, 2.45) is 16.5 Å². The fourth-order valence-corrected chi connectivity index (χ4v) is 0.649. The van der Waals surface area contributed by atoms with Gasteiger partial charge >= 0.3 is 0 Å². The van der Waals surface area contributed by atoms with Crippen molar-refractivity contribution >= 4 is 16.9 Å². The van der Waals surface area contributed by atoms with Gasteiger partial charge in [0.05, 0.1) is 5.75 Å². The second-order valence-corrected chi connectivity index (χ2v) is 2.17. The number of rotatable bonds is 1. The van der Waals surface area contributed by atoms with Crippen LogP contribution in [0, 0.1) is 12.0 Å². The fourth-order valence-electron chi connectivity index (χ4n) is 0.216. The Morgan fingerprint density at radius 3 is 2.89 bits per heavy atom. The molecule has 0 aliphatic rings. The van der Waals surface area contributed by atoms with E-state index in [1.807, 2.05) is 0 Å². The summed E-state index contributed by atoms with van der Waals surface area (Å²) in [6, 6.07) is 2.27. The van der Waals surface area contributed by atoms with Crippen LogP contribution in [0.4, 0.5) is 0 Å². The van der Waals surface area contributed by atoms with Crippen LogP contribution in [-0.4, -0.2) is 18.0 Å². The molecular weight excluding hydrogens is 134 g/mol. The van der Waals surface area contributed by atoms with E-state index in [1.54, 1.807) is 7.05 Å². The molecular formula is C5H9N3S. The molecule has 0 saturated heterocycles. The summed E-state index contributed by atoms with van der Waals surface area (Å²) in [5.41, 5.74) is 10.2. The highest BCUT2D eigenvalue weighted by Crippen LogP contribution is 1.95. The van der Waals surface area contributed by atoms with Crippen LogP contribution >= 0.6 is 11.8 Å².